The minimum Gasteiger partial charge on any atom is -0.383 e. The maximum absolute atomic E-state index is 12.1. The molecule has 7 nitrogen and oxygen atoms in total. The quantitative estimate of drug-likeness (QED) is 0.627. The lowest BCUT2D eigenvalue weighted by molar-refractivity contribution is -0.137. The van der Waals surface area contributed by atoms with Crippen LogP contribution in [0.25, 0.3) is 22.2 Å². The van der Waals surface area contributed by atoms with Gasteiger partial charge < -0.3 is 15.7 Å². The second kappa shape index (κ2) is 6.59. The van der Waals surface area contributed by atoms with Crippen molar-refractivity contribution in [2.24, 2.45) is 0 Å². The van der Waals surface area contributed by atoms with Crippen LogP contribution < -0.4 is 5.73 Å². The molecule has 28 heavy (non-hydrogen) atoms. The summed E-state index contributed by atoms with van der Waals surface area (Å²) in [7, 11) is 1.66. The largest absolute Gasteiger partial charge is 0.383 e. The summed E-state index contributed by atoms with van der Waals surface area (Å²) in [6.45, 7) is 2.28. The number of hydrogen-bond donors (Lipinski definition) is 2. The summed E-state index contributed by atoms with van der Waals surface area (Å²) in [5, 5.41) is 11.2. The molecule has 1 atom stereocenters. The van der Waals surface area contributed by atoms with Crippen LogP contribution >= 0.6 is 0 Å². The number of likely N-dealkylation sites (tertiary alicyclic amines) is 1. The molecule has 1 aliphatic heterocycles. The van der Waals surface area contributed by atoms with Gasteiger partial charge in [0, 0.05) is 36.5 Å². The van der Waals surface area contributed by atoms with E-state index in [0.29, 0.717) is 41.4 Å². The number of nitrogen functional groups attached to an aromatic ring is 1. The first-order valence-corrected chi connectivity index (χ1v) is 8.87. The maximum Gasteiger partial charge on any atom is 0.267 e. The second-order valence-electron chi connectivity index (χ2n) is 6.91. The monoisotopic (exact) mass is 373 g/mol. The average molecular weight is 373 g/mol. The van der Waals surface area contributed by atoms with Crippen LogP contribution in [0.2, 0.25) is 0 Å². The Morgan fingerprint density at radius 2 is 2.11 bits per heavy atom. The molecule has 1 aliphatic rings. The van der Waals surface area contributed by atoms with E-state index in [1.807, 2.05) is 30.3 Å². The molecule has 0 aliphatic carbocycles. The van der Waals surface area contributed by atoms with E-state index in [-0.39, 0.29) is 5.91 Å². The van der Waals surface area contributed by atoms with Crippen LogP contribution in [0.4, 0.5) is 5.82 Å². The van der Waals surface area contributed by atoms with Crippen molar-refractivity contribution in [3.05, 3.63) is 47.9 Å². The summed E-state index contributed by atoms with van der Waals surface area (Å²) in [6, 6.07) is 9.30. The highest BCUT2D eigenvalue weighted by molar-refractivity contribution is 5.91. The molecule has 0 bridgehead atoms. The van der Waals surface area contributed by atoms with Gasteiger partial charge in [-0.25, -0.2) is 9.97 Å². The van der Waals surface area contributed by atoms with Crippen LogP contribution in [0.15, 0.2) is 36.5 Å². The lowest BCUT2D eigenvalue weighted by Gasteiger charge is -2.13. The normalized spacial score (nSPS) is 19.0. The van der Waals surface area contributed by atoms with Gasteiger partial charge in [-0.2, -0.15) is 0 Å². The predicted octanol–water partition coefficient (Wildman–Crippen LogP) is 1.53. The van der Waals surface area contributed by atoms with Crippen LogP contribution in [0, 0.1) is 18.8 Å². The van der Waals surface area contributed by atoms with Gasteiger partial charge in [-0.05, 0) is 25.1 Å². The number of nitrogens with two attached hydrogens (primary N) is 1. The molecule has 0 spiro atoms. The Balaban J connectivity index is 1.70. The van der Waals surface area contributed by atoms with E-state index in [2.05, 4.69) is 26.8 Å². The zero-order chi connectivity index (χ0) is 19.9. The first-order chi connectivity index (χ1) is 13.4. The minimum atomic E-state index is -1.62. The predicted molar refractivity (Wildman–Crippen MR) is 106 cm³/mol. The molecule has 1 saturated heterocycles. The zero-order valence-corrected chi connectivity index (χ0v) is 15.6. The molecule has 1 aromatic carbocycles. The zero-order valence-electron chi connectivity index (χ0n) is 15.6. The van der Waals surface area contributed by atoms with Crippen molar-refractivity contribution < 1.29 is 9.90 Å². The topological polar surface area (TPSA) is 105 Å². The number of aliphatic hydroxyl groups is 1. The van der Waals surface area contributed by atoms with Gasteiger partial charge >= 0.3 is 0 Å². The van der Waals surface area contributed by atoms with Gasteiger partial charge in [0.05, 0.1) is 17.4 Å². The summed E-state index contributed by atoms with van der Waals surface area (Å²) in [4.78, 5) is 26.6. The van der Waals surface area contributed by atoms with E-state index in [1.165, 1.54) is 4.90 Å². The molecular weight excluding hydrogens is 354 g/mol. The molecule has 3 N–H and O–H groups in total. The fourth-order valence-corrected chi connectivity index (χ4v) is 3.24. The third-order valence-electron chi connectivity index (χ3n) is 4.80. The van der Waals surface area contributed by atoms with Crippen LogP contribution in [0.5, 0.6) is 0 Å². The molecule has 4 rings (SSSR count). The average Bonchev–Trinajstić information content (AvgIpc) is 2.94. The number of aromatic nitrogens is 3. The van der Waals surface area contributed by atoms with Gasteiger partial charge in [0.2, 0.25) is 5.60 Å². The Hall–Kier alpha value is -3.50. The van der Waals surface area contributed by atoms with Crippen molar-refractivity contribution in [2.45, 2.75) is 18.9 Å². The van der Waals surface area contributed by atoms with Crippen LogP contribution in [0.1, 0.15) is 17.8 Å². The lowest BCUT2D eigenvalue weighted by atomic mass is 10.0. The number of pyridine rings is 1. The van der Waals surface area contributed by atoms with Crippen LogP contribution in [-0.2, 0) is 4.79 Å². The number of fused-ring (bicyclic) bond motifs is 1. The maximum atomic E-state index is 12.1. The Morgan fingerprint density at radius 1 is 1.29 bits per heavy atom. The summed E-state index contributed by atoms with van der Waals surface area (Å²) in [5.41, 5.74) is 7.34. The molecule has 2 aromatic heterocycles. The van der Waals surface area contributed by atoms with E-state index < -0.39 is 5.60 Å². The molecule has 0 saturated carbocycles. The van der Waals surface area contributed by atoms with Gasteiger partial charge in [-0.3, -0.25) is 9.78 Å². The van der Waals surface area contributed by atoms with Crippen molar-refractivity contribution in [3.63, 3.8) is 0 Å². The van der Waals surface area contributed by atoms with Gasteiger partial charge in [0.15, 0.2) is 0 Å². The number of anilines is 1. The Labute approximate surface area is 162 Å². The Morgan fingerprint density at radius 3 is 2.86 bits per heavy atom. The van der Waals surface area contributed by atoms with Crippen molar-refractivity contribution in [1.82, 2.24) is 19.9 Å². The fraction of sp³-hybridized carbons (Fsp3) is 0.238. The molecular formula is C21H19N5O2. The highest BCUT2D eigenvalue weighted by Gasteiger charge is 2.42. The van der Waals surface area contributed by atoms with Crippen LogP contribution in [0.3, 0.4) is 0 Å². The van der Waals surface area contributed by atoms with E-state index in [4.69, 9.17) is 5.73 Å². The SMILES string of the molecule is Cc1nc(N)c2cc(-c3cccc(C#C[C@]4(O)CCN(C)C4=O)c3)ncc2n1. The molecule has 3 aromatic rings. The number of aryl methyl sites for hydroxylation is 1. The summed E-state index contributed by atoms with van der Waals surface area (Å²) in [6.07, 6.45) is 1.98. The van der Waals surface area contributed by atoms with Crippen LogP contribution in [-0.4, -0.2) is 50.1 Å². The lowest BCUT2D eigenvalue weighted by Crippen LogP contribution is -2.37. The van der Waals surface area contributed by atoms with E-state index in [1.54, 1.807) is 20.2 Å². The fourth-order valence-electron chi connectivity index (χ4n) is 3.24. The van der Waals surface area contributed by atoms with Crippen molar-refractivity contribution in [2.75, 3.05) is 19.3 Å². The summed E-state index contributed by atoms with van der Waals surface area (Å²) >= 11 is 0. The smallest absolute Gasteiger partial charge is 0.267 e. The number of hydrogen-bond acceptors (Lipinski definition) is 6. The number of likely N-dealkylation sites (N-methyl/N-ethyl adjacent to an activating group) is 1. The molecule has 7 heteroatoms. The molecule has 3 heterocycles. The third-order valence-corrected chi connectivity index (χ3v) is 4.80. The minimum absolute atomic E-state index is 0.306. The molecule has 0 unspecified atom stereocenters. The molecule has 140 valence electrons. The van der Waals surface area contributed by atoms with Crippen molar-refractivity contribution >= 4 is 22.6 Å². The highest BCUT2D eigenvalue weighted by atomic mass is 16.3. The number of nitrogens with zero attached hydrogens (tertiary/aromatic N) is 4. The van der Waals surface area contributed by atoms with E-state index in [9.17, 15) is 9.90 Å². The first-order valence-electron chi connectivity index (χ1n) is 8.87. The number of rotatable bonds is 1. The van der Waals surface area contributed by atoms with E-state index in [0.717, 1.165) is 10.9 Å². The second-order valence-corrected chi connectivity index (χ2v) is 6.91. The third kappa shape index (κ3) is 3.15. The molecule has 0 radical (unpaired) electrons. The molecule has 1 fully saturated rings. The number of carbonyl (C=O) groups excluding carboxylic acids is 1. The number of carbonyl (C=O) groups is 1. The Bertz CT molecular complexity index is 1160. The first kappa shape index (κ1) is 17.9. The Kier molecular flexibility index (Phi) is 4.21. The van der Waals surface area contributed by atoms with Gasteiger partial charge in [0.25, 0.3) is 5.91 Å². The number of amides is 1. The van der Waals surface area contributed by atoms with Crippen molar-refractivity contribution in [1.29, 1.82) is 0 Å². The van der Waals surface area contributed by atoms with Gasteiger partial charge in [-0.1, -0.05) is 24.0 Å². The standard InChI is InChI=1S/C21H19N5O2/c1-13-24-18-12-23-17(11-16(18)19(22)25-13)15-5-3-4-14(10-15)6-7-21(28)8-9-26(2)20(21)27/h3-5,10-12,28H,8-9H2,1-2H3,(H2,22,24,25)/t21-/m0/s1. The van der Waals surface area contributed by atoms with Gasteiger partial charge in [-0.15, -0.1) is 0 Å². The van der Waals surface area contributed by atoms with E-state index >= 15 is 0 Å². The number of benzene rings is 1. The molecule has 1 amide bonds. The summed E-state index contributed by atoms with van der Waals surface area (Å²) in [5.74, 6) is 6.30. The highest BCUT2D eigenvalue weighted by Crippen LogP contribution is 2.25. The summed E-state index contributed by atoms with van der Waals surface area (Å²) < 4.78 is 0. The van der Waals surface area contributed by atoms with Gasteiger partial charge in [0.1, 0.15) is 11.6 Å². The van der Waals surface area contributed by atoms with Crippen molar-refractivity contribution in [3.8, 4) is 23.1 Å².